The molecule has 66 valence electrons. The van der Waals surface area contributed by atoms with Crippen molar-refractivity contribution in [1.29, 1.82) is 0 Å². The van der Waals surface area contributed by atoms with Crippen LogP contribution in [-0.4, -0.2) is 5.91 Å². The molecule has 1 aromatic carbocycles. The largest absolute Gasteiger partial charge is 0.369 e. The van der Waals surface area contributed by atoms with Gasteiger partial charge in [-0.05, 0) is 5.56 Å². The molecule has 1 amide bonds. The molecule has 0 radical (unpaired) electrons. The highest BCUT2D eigenvalue weighted by molar-refractivity contribution is 5.76. The van der Waals surface area contributed by atoms with Gasteiger partial charge in [-0.15, -0.1) is 0 Å². The highest BCUT2D eigenvalue weighted by atomic mass is 16.1. The molecule has 0 bridgehead atoms. The Labute approximate surface area is 73.4 Å². The van der Waals surface area contributed by atoms with Crippen LogP contribution in [0.5, 0.6) is 0 Å². The summed E-state index contributed by atoms with van der Waals surface area (Å²) >= 11 is 0. The predicted molar refractivity (Wildman–Crippen MR) is 50.7 cm³/mol. The Morgan fingerprint density at radius 1 is 1.25 bits per heavy atom. The van der Waals surface area contributed by atoms with E-state index in [4.69, 9.17) is 5.73 Å². The molecule has 0 atom stereocenters. The summed E-state index contributed by atoms with van der Waals surface area (Å²) in [6.07, 6.45) is 0.334. The molecule has 0 aromatic heterocycles. The van der Waals surface area contributed by atoms with Gasteiger partial charge >= 0.3 is 0 Å². The summed E-state index contributed by atoms with van der Waals surface area (Å²) in [6, 6.07) is 9.44. The van der Waals surface area contributed by atoms with E-state index in [1.807, 2.05) is 44.2 Å². The lowest BCUT2D eigenvalue weighted by Crippen LogP contribution is -2.13. The minimum absolute atomic E-state index is 0.286. The van der Waals surface area contributed by atoms with E-state index >= 15 is 0 Å². The maximum absolute atomic E-state index is 10.4. The van der Waals surface area contributed by atoms with Crippen molar-refractivity contribution in [1.82, 2.24) is 0 Å². The Morgan fingerprint density at radius 2 is 1.75 bits per heavy atom. The van der Waals surface area contributed by atoms with Crippen molar-refractivity contribution in [2.24, 2.45) is 5.73 Å². The number of nitrogens with two attached hydrogens (primary N) is 1. The first-order chi connectivity index (χ1) is 5.79. The van der Waals surface area contributed by atoms with E-state index in [9.17, 15) is 4.79 Å². The Kier molecular flexibility index (Phi) is 5.70. The van der Waals surface area contributed by atoms with E-state index in [-0.39, 0.29) is 5.91 Å². The average molecular weight is 165 g/mol. The Hall–Kier alpha value is -1.31. The Balaban J connectivity index is 0.000000561. The molecule has 1 rings (SSSR count). The van der Waals surface area contributed by atoms with Gasteiger partial charge in [0, 0.05) is 0 Å². The first-order valence-electron chi connectivity index (χ1n) is 4.11. The number of carbonyl (C=O) groups is 1. The molecule has 0 aliphatic rings. The maximum Gasteiger partial charge on any atom is 0.221 e. The van der Waals surface area contributed by atoms with E-state index in [0.717, 1.165) is 5.56 Å². The molecule has 2 N–H and O–H groups in total. The number of benzene rings is 1. The first kappa shape index (κ1) is 10.7. The molecule has 2 heteroatoms. The molecule has 0 aliphatic carbocycles. The van der Waals surface area contributed by atoms with Crippen molar-refractivity contribution in [2.45, 2.75) is 20.3 Å². The highest BCUT2D eigenvalue weighted by Gasteiger charge is 1.94. The van der Waals surface area contributed by atoms with Crippen LogP contribution >= 0.6 is 0 Å². The lowest BCUT2D eigenvalue weighted by atomic mass is 10.1. The van der Waals surface area contributed by atoms with Crippen molar-refractivity contribution < 1.29 is 4.79 Å². The SMILES string of the molecule is CC.NC(=O)Cc1ccccc1. The lowest BCUT2D eigenvalue weighted by Gasteiger charge is -1.93. The molecule has 0 saturated carbocycles. The quantitative estimate of drug-likeness (QED) is 0.712. The van der Waals surface area contributed by atoms with Gasteiger partial charge in [-0.3, -0.25) is 4.79 Å². The van der Waals surface area contributed by atoms with E-state index in [0.29, 0.717) is 6.42 Å². The third-order valence-electron chi connectivity index (χ3n) is 1.22. The van der Waals surface area contributed by atoms with Crippen molar-refractivity contribution in [2.75, 3.05) is 0 Å². The summed E-state index contributed by atoms with van der Waals surface area (Å²) in [5, 5.41) is 0. The Morgan fingerprint density at radius 3 is 2.17 bits per heavy atom. The molecule has 12 heavy (non-hydrogen) atoms. The van der Waals surface area contributed by atoms with Crippen LogP contribution in [0.2, 0.25) is 0 Å². The summed E-state index contributed by atoms with van der Waals surface area (Å²) in [5.41, 5.74) is 5.95. The van der Waals surface area contributed by atoms with Gasteiger partial charge in [0.2, 0.25) is 5.91 Å². The zero-order valence-electron chi connectivity index (χ0n) is 7.58. The third-order valence-corrected chi connectivity index (χ3v) is 1.22. The number of hydrogen-bond donors (Lipinski definition) is 1. The van der Waals surface area contributed by atoms with E-state index in [1.165, 1.54) is 0 Å². The number of hydrogen-bond acceptors (Lipinski definition) is 1. The van der Waals surface area contributed by atoms with Gasteiger partial charge in [-0.2, -0.15) is 0 Å². The molecule has 1 aromatic rings. The van der Waals surface area contributed by atoms with Crippen LogP contribution in [0.25, 0.3) is 0 Å². The molecule has 0 aliphatic heterocycles. The third kappa shape index (κ3) is 4.50. The molecule has 0 fully saturated rings. The van der Waals surface area contributed by atoms with Crippen LogP contribution in [-0.2, 0) is 11.2 Å². The second-order valence-corrected chi connectivity index (χ2v) is 2.13. The van der Waals surface area contributed by atoms with Crippen LogP contribution in [0.3, 0.4) is 0 Å². The fraction of sp³-hybridized carbons (Fsp3) is 0.300. The number of rotatable bonds is 2. The van der Waals surface area contributed by atoms with Crippen LogP contribution in [0.1, 0.15) is 19.4 Å². The zero-order valence-corrected chi connectivity index (χ0v) is 7.58. The highest BCUT2D eigenvalue weighted by Crippen LogP contribution is 1.97. The summed E-state index contributed by atoms with van der Waals surface area (Å²) in [6.45, 7) is 4.00. The second kappa shape index (κ2) is 6.40. The van der Waals surface area contributed by atoms with Gasteiger partial charge in [0.25, 0.3) is 0 Å². The zero-order chi connectivity index (χ0) is 9.40. The minimum Gasteiger partial charge on any atom is -0.369 e. The molecule has 0 saturated heterocycles. The number of amides is 1. The van der Waals surface area contributed by atoms with E-state index in [2.05, 4.69) is 0 Å². The summed E-state index contributed by atoms with van der Waals surface area (Å²) in [4.78, 5) is 10.4. The van der Waals surface area contributed by atoms with Crippen LogP contribution < -0.4 is 5.73 Å². The van der Waals surface area contributed by atoms with Crippen LogP contribution in [0, 0.1) is 0 Å². The minimum atomic E-state index is -0.286. The molecular weight excluding hydrogens is 150 g/mol. The summed E-state index contributed by atoms with van der Waals surface area (Å²) in [7, 11) is 0. The normalized spacial score (nSPS) is 8.17. The van der Waals surface area contributed by atoms with Gasteiger partial charge in [0.15, 0.2) is 0 Å². The second-order valence-electron chi connectivity index (χ2n) is 2.13. The molecule has 0 spiro atoms. The number of carbonyl (C=O) groups excluding carboxylic acids is 1. The van der Waals surface area contributed by atoms with Crippen molar-refractivity contribution >= 4 is 5.91 Å². The summed E-state index contributed by atoms with van der Waals surface area (Å²) < 4.78 is 0. The van der Waals surface area contributed by atoms with Gasteiger partial charge < -0.3 is 5.73 Å². The topological polar surface area (TPSA) is 43.1 Å². The monoisotopic (exact) mass is 165 g/mol. The van der Waals surface area contributed by atoms with E-state index in [1.54, 1.807) is 0 Å². The van der Waals surface area contributed by atoms with Gasteiger partial charge in [0.1, 0.15) is 0 Å². The van der Waals surface area contributed by atoms with Gasteiger partial charge in [-0.1, -0.05) is 44.2 Å². The summed E-state index contributed by atoms with van der Waals surface area (Å²) in [5.74, 6) is -0.286. The smallest absolute Gasteiger partial charge is 0.221 e. The van der Waals surface area contributed by atoms with Gasteiger partial charge in [-0.25, -0.2) is 0 Å². The van der Waals surface area contributed by atoms with Gasteiger partial charge in [0.05, 0.1) is 6.42 Å². The van der Waals surface area contributed by atoms with Crippen molar-refractivity contribution in [3.05, 3.63) is 35.9 Å². The molecule has 0 unspecified atom stereocenters. The lowest BCUT2D eigenvalue weighted by molar-refractivity contribution is -0.117. The average Bonchev–Trinajstić information content (AvgIpc) is 2.08. The van der Waals surface area contributed by atoms with E-state index < -0.39 is 0 Å². The standard InChI is InChI=1S/C8H9NO.C2H6/c9-8(10)6-7-4-2-1-3-5-7;1-2/h1-5H,6H2,(H2,9,10);1-2H3. The molecule has 0 heterocycles. The Bertz CT molecular complexity index is 219. The predicted octanol–water partition coefficient (Wildman–Crippen LogP) is 1.74. The first-order valence-corrected chi connectivity index (χ1v) is 4.11. The van der Waals surface area contributed by atoms with Crippen LogP contribution in [0.4, 0.5) is 0 Å². The van der Waals surface area contributed by atoms with Crippen molar-refractivity contribution in [3.63, 3.8) is 0 Å². The number of primary amides is 1. The fourth-order valence-electron chi connectivity index (χ4n) is 0.797. The molecular formula is C10H15NO. The van der Waals surface area contributed by atoms with Crippen LogP contribution in [0.15, 0.2) is 30.3 Å². The maximum atomic E-state index is 10.4. The molecule has 2 nitrogen and oxygen atoms in total. The van der Waals surface area contributed by atoms with Crippen molar-refractivity contribution in [3.8, 4) is 0 Å². The fourth-order valence-corrected chi connectivity index (χ4v) is 0.797.